The van der Waals surface area contributed by atoms with Crippen molar-refractivity contribution in [2.75, 3.05) is 7.11 Å². The van der Waals surface area contributed by atoms with E-state index in [2.05, 4.69) is 64.4 Å². The van der Waals surface area contributed by atoms with Crippen molar-refractivity contribution >= 4 is 12.6 Å². The number of unbranched alkanes of at least 4 members (excludes halogenated alkanes) is 2. The summed E-state index contributed by atoms with van der Waals surface area (Å²) in [6.45, 7) is 13.9. The SMILES string of the molecule is CCCCc1nc(CCCC)n(Cc2ccc(B3OC(C)(C)C(C)(C)O3)c(COC)c2)n1. The van der Waals surface area contributed by atoms with E-state index in [0.29, 0.717) is 13.2 Å². The molecule has 1 aromatic heterocycles. The van der Waals surface area contributed by atoms with Crippen molar-refractivity contribution in [1.29, 1.82) is 0 Å². The van der Waals surface area contributed by atoms with Gasteiger partial charge in [-0.1, -0.05) is 44.9 Å². The molecule has 1 aliphatic rings. The van der Waals surface area contributed by atoms with E-state index in [4.69, 9.17) is 24.1 Å². The van der Waals surface area contributed by atoms with Gasteiger partial charge < -0.3 is 14.0 Å². The van der Waals surface area contributed by atoms with Crippen LogP contribution in [0, 0.1) is 0 Å². The molecule has 3 rings (SSSR count). The molecular weight excluding hydrogens is 401 g/mol. The molecule has 0 amide bonds. The van der Waals surface area contributed by atoms with Crippen LogP contribution < -0.4 is 5.46 Å². The second-order valence-electron chi connectivity index (χ2n) is 9.86. The van der Waals surface area contributed by atoms with Crippen molar-refractivity contribution in [2.24, 2.45) is 0 Å². The molecule has 6 nitrogen and oxygen atoms in total. The summed E-state index contributed by atoms with van der Waals surface area (Å²) >= 11 is 0. The molecule has 32 heavy (non-hydrogen) atoms. The van der Waals surface area contributed by atoms with Crippen molar-refractivity contribution in [1.82, 2.24) is 14.8 Å². The normalized spacial score (nSPS) is 17.3. The van der Waals surface area contributed by atoms with Crippen LogP contribution in [-0.2, 0) is 40.0 Å². The Morgan fingerprint density at radius 2 is 1.66 bits per heavy atom. The van der Waals surface area contributed by atoms with E-state index in [1.807, 2.05) is 0 Å². The van der Waals surface area contributed by atoms with Crippen LogP contribution in [0.25, 0.3) is 0 Å². The maximum atomic E-state index is 6.29. The molecule has 0 unspecified atom stereocenters. The smallest absolute Gasteiger partial charge is 0.399 e. The third kappa shape index (κ3) is 5.62. The Hall–Kier alpha value is -1.70. The number of hydrogen-bond acceptors (Lipinski definition) is 5. The molecule has 0 saturated carbocycles. The number of aryl methyl sites for hydroxylation is 2. The number of hydrogen-bond donors (Lipinski definition) is 0. The van der Waals surface area contributed by atoms with E-state index < -0.39 is 7.12 Å². The summed E-state index contributed by atoms with van der Waals surface area (Å²) in [5.74, 6) is 2.05. The van der Waals surface area contributed by atoms with Gasteiger partial charge in [-0.25, -0.2) is 9.67 Å². The van der Waals surface area contributed by atoms with Crippen molar-refractivity contribution in [2.45, 2.75) is 104 Å². The molecule has 0 radical (unpaired) electrons. The van der Waals surface area contributed by atoms with Gasteiger partial charge in [-0.15, -0.1) is 0 Å². The van der Waals surface area contributed by atoms with Gasteiger partial charge in [0.1, 0.15) is 5.82 Å². The fourth-order valence-electron chi connectivity index (χ4n) is 3.92. The second-order valence-corrected chi connectivity index (χ2v) is 9.86. The molecule has 0 aliphatic carbocycles. The van der Waals surface area contributed by atoms with Gasteiger partial charge in [-0.05, 0) is 57.1 Å². The summed E-state index contributed by atoms with van der Waals surface area (Å²) in [7, 11) is 1.33. The summed E-state index contributed by atoms with van der Waals surface area (Å²) in [6, 6.07) is 6.46. The number of ether oxygens (including phenoxy) is 1. The highest BCUT2D eigenvalue weighted by atomic mass is 16.7. The molecule has 0 atom stereocenters. The number of rotatable bonds is 11. The highest BCUT2D eigenvalue weighted by Gasteiger charge is 2.52. The largest absolute Gasteiger partial charge is 0.495 e. The fraction of sp³-hybridized carbons (Fsp3) is 0.680. The van der Waals surface area contributed by atoms with E-state index in [9.17, 15) is 0 Å². The van der Waals surface area contributed by atoms with Crippen molar-refractivity contribution in [3.8, 4) is 0 Å². The fourth-order valence-corrected chi connectivity index (χ4v) is 3.92. The minimum atomic E-state index is -0.397. The van der Waals surface area contributed by atoms with Crippen LogP contribution in [0.3, 0.4) is 0 Å². The lowest BCUT2D eigenvalue weighted by Gasteiger charge is -2.32. The lowest BCUT2D eigenvalue weighted by molar-refractivity contribution is 0.00578. The molecule has 1 aliphatic heterocycles. The zero-order valence-electron chi connectivity index (χ0n) is 21.0. The van der Waals surface area contributed by atoms with Gasteiger partial charge in [0, 0.05) is 20.0 Å². The van der Waals surface area contributed by atoms with Crippen LogP contribution in [0.5, 0.6) is 0 Å². The Kier molecular flexibility index (Phi) is 8.18. The molecule has 176 valence electrons. The highest BCUT2D eigenvalue weighted by molar-refractivity contribution is 6.62. The first-order valence-corrected chi connectivity index (χ1v) is 12.1. The minimum Gasteiger partial charge on any atom is -0.399 e. The van der Waals surface area contributed by atoms with E-state index in [-0.39, 0.29) is 11.2 Å². The summed E-state index contributed by atoms with van der Waals surface area (Å²) < 4.78 is 20.2. The van der Waals surface area contributed by atoms with Crippen LogP contribution in [0.15, 0.2) is 18.2 Å². The number of aromatic nitrogens is 3. The Morgan fingerprint density at radius 1 is 1.00 bits per heavy atom. The van der Waals surface area contributed by atoms with Crippen molar-refractivity contribution < 1.29 is 14.0 Å². The summed E-state index contributed by atoms with van der Waals surface area (Å²) in [5.41, 5.74) is 2.56. The lowest BCUT2D eigenvalue weighted by Crippen LogP contribution is -2.41. The number of nitrogens with zero attached hydrogens (tertiary/aromatic N) is 3. The van der Waals surface area contributed by atoms with Gasteiger partial charge >= 0.3 is 7.12 Å². The van der Waals surface area contributed by atoms with E-state index in [1.165, 1.54) is 5.56 Å². The molecule has 0 spiro atoms. The molecular formula is C25H40BN3O3. The van der Waals surface area contributed by atoms with Crippen LogP contribution >= 0.6 is 0 Å². The van der Waals surface area contributed by atoms with Crippen LogP contribution in [-0.4, -0.2) is 40.2 Å². The Labute approximate surface area is 194 Å². The predicted octanol–water partition coefficient (Wildman–Crippen LogP) is 4.46. The van der Waals surface area contributed by atoms with Gasteiger partial charge in [0.05, 0.1) is 24.4 Å². The quantitative estimate of drug-likeness (QED) is 0.482. The van der Waals surface area contributed by atoms with E-state index in [1.54, 1.807) is 7.11 Å². The van der Waals surface area contributed by atoms with Gasteiger partial charge in [-0.2, -0.15) is 5.10 Å². The van der Waals surface area contributed by atoms with E-state index in [0.717, 1.165) is 61.2 Å². The summed E-state index contributed by atoms with van der Waals surface area (Å²) in [5, 5.41) is 4.83. The third-order valence-corrected chi connectivity index (χ3v) is 6.65. The van der Waals surface area contributed by atoms with Crippen LogP contribution in [0.2, 0.25) is 0 Å². The zero-order valence-corrected chi connectivity index (χ0v) is 21.0. The Morgan fingerprint density at radius 3 is 2.28 bits per heavy atom. The maximum Gasteiger partial charge on any atom is 0.495 e. The monoisotopic (exact) mass is 441 g/mol. The van der Waals surface area contributed by atoms with Crippen molar-refractivity contribution in [3.63, 3.8) is 0 Å². The van der Waals surface area contributed by atoms with Crippen LogP contribution in [0.4, 0.5) is 0 Å². The Bertz CT molecular complexity index is 879. The first-order valence-electron chi connectivity index (χ1n) is 12.1. The number of benzene rings is 1. The highest BCUT2D eigenvalue weighted by Crippen LogP contribution is 2.36. The van der Waals surface area contributed by atoms with Crippen molar-refractivity contribution in [3.05, 3.63) is 41.0 Å². The zero-order chi connectivity index (χ0) is 23.4. The lowest BCUT2D eigenvalue weighted by atomic mass is 9.75. The molecule has 2 aromatic rings. The summed E-state index contributed by atoms with van der Waals surface area (Å²) in [4.78, 5) is 4.84. The summed E-state index contributed by atoms with van der Waals surface area (Å²) in [6.07, 6.45) is 6.46. The molecule has 1 fully saturated rings. The third-order valence-electron chi connectivity index (χ3n) is 6.65. The standard InChI is InChI=1S/C25H40BN3O3/c1-8-10-12-22-27-23(13-11-9-2)29(28-22)17-19-14-15-21(20(16-19)18-30-7)26-31-24(3,4)25(5,6)32-26/h14-16H,8-13,17-18H2,1-7H3. The first-order chi connectivity index (χ1) is 15.2. The molecule has 1 saturated heterocycles. The average molecular weight is 441 g/mol. The molecule has 0 N–H and O–H groups in total. The average Bonchev–Trinajstić information content (AvgIpc) is 3.21. The van der Waals surface area contributed by atoms with Gasteiger partial charge in [-0.3, -0.25) is 0 Å². The van der Waals surface area contributed by atoms with Gasteiger partial charge in [0.2, 0.25) is 0 Å². The van der Waals surface area contributed by atoms with Gasteiger partial charge in [0.15, 0.2) is 5.82 Å². The predicted molar refractivity (Wildman–Crippen MR) is 129 cm³/mol. The molecule has 2 heterocycles. The molecule has 1 aromatic carbocycles. The molecule has 0 bridgehead atoms. The minimum absolute atomic E-state index is 0.371. The van der Waals surface area contributed by atoms with Gasteiger partial charge in [0.25, 0.3) is 0 Å². The van der Waals surface area contributed by atoms with E-state index >= 15 is 0 Å². The molecule has 7 heteroatoms. The number of methoxy groups -OCH3 is 1. The van der Waals surface area contributed by atoms with Crippen LogP contribution in [0.1, 0.15) is 90.0 Å². The maximum absolute atomic E-state index is 6.29. The first kappa shape index (κ1) is 24.9. The topological polar surface area (TPSA) is 58.4 Å². The Balaban J connectivity index is 1.85. The second kappa shape index (κ2) is 10.5.